The SMILES string of the molecule is CCOC(=O)N1CCC(NC(=O)C2(NC(=O)CSc3nccc(-c4ccco4)n3)CCNCC2)CC1. The number of hydrogen-bond acceptors (Lipinski definition) is 9. The predicted octanol–water partition coefficient (Wildman–Crippen LogP) is 1.80. The molecule has 2 aromatic heterocycles. The van der Waals surface area contributed by atoms with Gasteiger partial charge in [0.25, 0.3) is 0 Å². The summed E-state index contributed by atoms with van der Waals surface area (Å²) in [7, 11) is 0. The van der Waals surface area contributed by atoms with Crippen molar-refractivity contribution in [3.8, 4) is 11.5 Å². The summed E-state index contributed by atoms with van der Waals surface area (Å²) in [5.41, 5.74) is -0.334. The van der Waals surface area contributed by atoms with Gasteiger partial charge in [-0.25, -0.2) is 14.8 Å². The number of piperidine rings is 2. The molecule has 0 unspecified atom stereocenters. The van der Waals surface area contributed by atoms with Crippen LogP contribution in [0.25, 0.3) is 11.5 Å². The summed E-state index contributed by atoms with van der Waals surface area (Å²) in [5, 5.41) is 9.84. The van der Waals surface area contributed by atoms with Crippen LogP contribution in [-0.4, -0.2) is 82.9 Å². The Morgan fingerprint density at radius 3 is 2.72 bits per heavy atom. The van der Waals surface area contributed by atoms with Gasteiger partial charge in [-0.05, 0) is 63.9 Å². The lowest BCUT2D eigenvalue weighted by molar-refractivity contribution is -0.134. The molecule has 0 radical (unpaired) electrons. The van der Waals surface area contributed by atoms with Crippen molar-refractivity contribution in [3.63, 3.8) is 0 Å². The maximum absolute atomic E-state index is 13.4. The van der Waals surface area contributed by atoms with Crippen LogP contribution in [0.15, 0.2) is 40.2 Å². The number of carbonyl (C=O) groups is 3. The normalized spacial score (nSPS) is 17.9. The minimum atomic E-state index is -0.974. The van der Waals surface area contributed by atoms with E-state index in [4.69, 9.17) is 9.15 Å². The minimum absolute atomic E-state index is 0.0565. The Morgan fingerprint density at radius 2 is 2.03 bits per heavy atom. The number of ether oxygens (including phenoxy) is 1. The molecule has 4 rings (SSSR count). The third kappa shape index (κ3) is 6.55. The van der Waals surface area contributed by atoms with E-state index >= 15 is 0 Å². The molecule has 2 saturated heterocycles. The van der Waals surface area contributed by atoms with Crippen molar-refractivity contribution >= 4 is 29.7 Å². The van der Waals surface area contributed by atoms with E-state index < -0.39 is 5.54 Å². The molecule has 194 valence electrons. The molecule has 2 fully saturated rings. The number of amides is 3. The molecule has 11 nitrogen and oxygen atoms in total. The third-order valence-electron chi connectivity index (χ3n) is 6.37. The first-order chi connectivity index (χ1) is 17.5. The molecule has 2 aliphatic heterocycles. The van der Waals surface area contributed by atoms with E-state index in [9.17, 15) is 14.4 Å². The fraction of sp³-hybridized carbons (Fsp3) is 0.542. The molecule has 12 heteroatoms. The third-order valence-corrected chi connectivity index (χ3v) is 7.23. The Hall–Kier alpha value is -3.12. The van der Waals surface area contributed by atoms with Crippen molar-refractivity contribution in [1.82, 2.24) is 30.8 Å². The second-order valence-electron chi connectivity index (χ2n) is 8.80. The van der Waals surface area contributed by atoms with Crippen molar-refractivity contribution < 1.29 is 23.5 Å². The maximum Gasteiger partial charge on any atom is 0.409 e. The largest absolute Gasteiger partial charge is 0.463 e. The van der Waals surface area contributed by atoms with Crippen LogP contribution in [0, 0.1) is 0 Å². The van der Waals surface area contributed by atoms with Crippen molar-refractivity contribution in [2.24, 2.45) is 0 Å². The second kappa shape index (κ2) is 12.2. The standard InChI is InChI=1S/C24H32N6O5S/c1-2-34-23(33)30-13-6-17(7-14-30)27-21(32)24(8-11-25-12-9-24)29-20(31)16-36-22-26-10-5-18(28-22)19-4-3-15-35-19/h3-5,10,15,17,25H,2,6-9,11-14,16H2,1H3,(H,27,32)(H,29,31). The van der Waals surface area contributed by atoms with Gasteiger partial charge in [0, 0.05) is 25.3 Å². The van der Waals surface area contributed by atoms with Gasteiger partial charge in [0.05, 0.1) is 18.6 Å². The van der Waals surface area contributed by atoms with Gasteiger partial charge in [-0.3, -0.25) is 9.59 Å². The summed E-state index contributed by atoms with van der Waals surface area (Å²) in [6.45, 7) is 4.44. The van der Waals surface area contributed by atoms with Gasteiger partial charge in [-0.1, -0.05) is 11.8 Å². The summed E-state index contributed by atoms with van der Waals surface area (Å²) in [6, 6.07) is 5.28. The molecule has 0 spiro atoms. The Balaban J connectivity index is 1.32. The highest BCUT2D eigenvalue weighted by molar-refractivity contribution is 7.99. The van der Waals surface area contributed by atoms with Gasteiger partial charge in [0.15, 0.2) is 10.9 Å². The highest BCUT2D eigenvalue weighted by atomic mass is 32.2. The Morgan fingerprint density at radius 1 is 1.25 bits per heavy atom. The van der Waals surface area contributed by atoms with E-state index in [-0.39, 0.29) is 29.7 Å². The van der Waals surface area contributed by atoms with E-state index in [1.807, 2.05) is 6.07 Å². The molecule has 4 heterocycles. The number of rotatable bonds is 8. The van der Waals surface area contributed by atoms with Gasteiger partial charge < -0.3 is 30.0 Å². The lowest BCUT2D eigenvalue weighted by Crippen LogP contribution is -2.64. The smallest absolute Gasteiger partial charge is 0.409 e. The molecule has 0 atom stereocenters. The molecule has 2 aliphatic rings. The van der Waals surface area contributed by atoms with Gasteiger partial charge in [-0.15, -0.1) is 0 Å². The van der Waals surface area contributed by atoms with Crippen LogP contribution in [0.5, 0.6) is 0 Å². The zero-order valence-corrected chi connectivity index (χ0v) is 21.1. The lowest BCUT2D eigenvalue weighted by Gasteiger charge is -2.39. The number of nitrogens with one attached hydrogen (secondary N) is 3. The van der Waals surface area contributed by atoms with Crippen LogP contribution < -0.4 is 16.0 Å². The van der Waals surface area contributed by atoms with Crippen molar-refractivity contribution in [2.75, 3.05) is 38.5 Å². The number of hydrogen-bond donors (Lipinski definition) is 3. The first-order valence-electron chi connectivity index (χ1n) is 12.2. The predicted molar refractivity (Wildman–Crippen MR) is 133 cm³/mol. The Kier molecular flexibility index (Phi) is 8.81. The first-order valence-corrected chi connectivity index (χ1v) is 13.2. The lowest BCUT2D eigenvalue weighted by atomic mass is 9.86. The molecule has 0 aromatic carbocycles. The molecule has 3 amide bonds. The van der Waals surface area contributed by atoms with E-state index in [1.165, 1.54) is 11.8 Å². The number of aromatic nitrogens is 2. The number of likely N-dealkylation sites (tertiary alicyclic amines) is 1. The van der Waals surface area contributed by atoms with Crippen LogP contribution in [0.4, 0.5) is 4.79 Å². The van der Waals surface area contributed by atoms with Gasteiger partial charge in [0.1, 0.15) is 11.2 Å². The van der Waals surface area contributed by atoms with Crippen molar-refractivity contribution in [3.05, 3.63) is 30.7 Å². The average molecular weight is 517 g/mol. The Labute approximate surface area is 214 Å². The molecule has 3 N–H and O–H groups in total. The summed E-state index contributed by atoms with van der Waals surface area (Å²) >= 11 is 1.21. The number of carbonyl (C=O) groups excluding carboxylic acids is 3. The number of nitrogens with zero attached hydrogens (tertiary/aromatic N) is 3. The monoisotopic (exact) mass is 516 g/mol. The van der Waals surface area contributed by atoms with E-state index in [1.54, 1.807) is 36.4 Å². The van der Waals surface area contributed by atoms with E-state index in [0.717, 1.165) is 0 Å². The van der Waals surface area contributed by atoms with Crippen LogP contribution in [-0.2, 0) is 14.3 Å². The first kappa shape index (κ1) is 26.0. The van der Waals surface area contributed by atoms with Crippen molar-refractivity contribution in [2.45, 2.75) is 49.3 Å². The van der Waals surface area contributed by atoms with Gasteiger partial charge in [-0.2, -0.15) is 0 Å². The summed E-state index contributed by atoms with van der Waals surface area (Å²) in [5.74, 6) is 0.290. The van der Waals surface area contributed by atoms with Gasteiger partial charge in [0.2, 0.25) is 11.8 Å². The van der Waals surface area contributed by atoms with Crippen molar-refractivity contribution in [1.29, 1.82) is 0 Å². The summed E-state index contributed by atoms with van der Waals surface area (Å²) in [4.78, 5) is 48.6. The second-order valence-corrected chi connectivity index (χ2v) is 9.75. The summed E-state index contributed by atoms with van der Waals surface area (Å²) in [6.07, 6.45) is 5.17. The topological polar surface area (TPSA) is 139 Å². The quantitative estimate of drug-likeness (QED) is 0.354. The molecule has 0 aliphatic carbocycles. The summed E-state index contributed by atoms with van der Waals surface area (Å²) < 4.78 is 10.4. The molecule has 2 aromatic rings. The van der Waals surface area contributed by atoms with Crippen LogP contribution >= 0.6 is 11.8 Å². The molecule has 0 saturated carbocycles. The maximum atomic E-state index is 13.4. The van der Waals surface area contributed by atoms with E-state index in [2.05, 4.69) is 25.9 Å². The van der Waals surface area contributed by atoms with Gasteiger partial charge >= 0.3 is 6.09 Å². The van der Waals surface area contributed by atoms with E-state index in [0.29, 0.717) is 75.1 Å². The fourth-order valence-corrected chi connectivity index (χ4v) is 5.04. The molecular weight excluding hydrogens is 484 g/mol. The van der Waals surface area contributed by atoms with Crippen LogP contribution in [0.1, 0.15) is 32.6 Å². The molecule has 0 bridgehead atoms. The minimum Gasteiger partial charge on any atom is -0.463 e. The van der Waals surface area contributed by atoms with Crippen LogP contribution in [0.2, 0.25) is 0 Å². The zero-order valence-electron chi connectivity index (χ0n) is 20.3. The fourth-order valence-electron chi connectivity index (χ4n) is 4.41. The highest BCUT2D eigenvalue weighted by Crippen LogP contribution is 2.23. The van der Waals surface area contributed by atoms with Crippen LogP contribution in [0.3, 0.4) is 0 Å². The molecular formula is C24H32N6O5S. The number of furan rings is 1. The molecule has 36 heavy (non-hydrogen) atoms. The zero-order chi connectivity index (χ0) is 25.4. The average Bonchev–Trinajstić information content (AvgIpc) is 3.44. The Bertz CT molecular complexity index is 1040. The number of thioether (sulfide) groups is 1. The highest BCUT2D eigenvalue weighted by Gasteiger charge is 2.42.